The van der Waals surface area contributed by atoms with Gasteiger partial charge in [-0.3, -0.25) is 4.57 Å². The fourth-order valence-corrected chi connectivity index (χ4v) is 3.30. The molecule has 0 heterocycles. The van der Waals surface area contributed by atoms with Crippen LogP contribution in [0.3, 0.4) is 0 Å². The minimum absolute atomic E-state index is 0.113. The second kappa shape index (κ2) is 7.39. The van der Waals surface area contributed by atoms with E-state index in [1.165, 1.54) is 0 Å². The van der Waals surface area contributed by atoms with Gasteiger partial charge in [0.1, 0.15) is 6.10 Å². The lowest BCUT2D eigenvalue weighted by Gasteiger charge is -2.26. The van der Waals surface area contributed by atoms with E-state index in [-0.39, 0.29) is 13.2 Å². The first-order valence-electron chi connectivity index (χ1n) is 5.95. The lowest BCUT2D eigenvalue weighted by atomic mass is 10.1. The first kappa shape index (κ1) is 16.6. The molecule has 0 saturated heterocycles. The molecule has 2 atom stereocenters. The largest absolute Gasteiger partial charge is 0.385 e. The van der Waals surface area contributed by atoms with E-state index in [9.17, 15) is 14.8 Å². The Morgan fingerprint density at radius 2 is 1.63 bits per heavy atom. The molecule has 0 aliphatic heterocycles. The van der Waals surface area contributed by atoms with Gasteiger partial charge in [0.05, 0.1) is 13.2 Å². The summed E-state index contributed by atoms with van der Waals surface area (Å²) in [6.45, 7) is 3.49. The SMILES string of the molecule is CCOP(=O)(OCC)[C@H](O)[C@H](O)c1ccc(Cl)cc1. The Bertz CT molecular complexity index is 426. The Hall–Kier alpha value is -0.420. The van der Waals surface area contributed by atoms with Crippen molar-refractivity contribution < 1.29 is 23.8 Å². The van der Waals surface area contributed by atoms with Gasteiger partial charge in [-0.05, 0) is 31.5 Å². The topological polar surface area (TPSA) is 76.0 Å². The van der Waals surface area contributed by atoms with E-state index < -0.39 is 19.5 Å². The smallest absolute Gasteiger partial charge is 0.361 e. The highest BCUT2D eigenvalue weighted by Gasteiger charge is 2.39. The molecule has 2 N–H and O–H groups in total. The molecule has 0 aliphatic rings. The fourth-order valence-electron chi connectivity index (χ4n) is 1.55. The normalized spacial score (nSPS) is 15.2. The summed E-state index contributed by atoms with van der Waals surface area (Å²) < 4.78 is 22.3. The van der Waals surface area contributed by atoms with Crippen LogP contribution in [0.4, 0.5) is 0 Å². The number of benzene rings is 1. The summed E-state index contributed by atoms with van der Waals surface area (Å²) in [5, 5.41) is 20.6. The van der Waals surface area contributed by atoms with Crippen molar-refractivity contribution in [1.29, 1.82) is 0 Å². The van der Waals surface area contributed by atoms with Gasteiger partial charge in [0, 0.05) is 5.02 Å². The van der Waals surface area contributed by atoms with Gasteiger partial charge < -0.3 is 19.3 Å². The summed E-state index contributed by atoms with van der Waals surface area (Å²) in [5.74, 6) is -1.64. The summed E-state index contributed by atoms with van der Waals surface area (Å²) in [6.07, 6.45) is -1.37. The molecule has 0 amide bonds. The van der Waals surface area contributed by atoms with Gasteiger partial charge in [0.25, 0.3) is 0 Å². The third-order valence-corrected chi connectivity index (χ3v) is 4.85. The van der Waals surface area contributed by atoms with Crippen LogP contribution in [0.15, 0.2) is 24.3 Å². The van der Waals surface area contributed by atoms with E-state index in [2.05, 4.69) is 0 Å². The van der Waals surface area contributed by atoms with Crippen LogP contribution >= 0.6 is 19.2 Å². The zero-order valence-corrected chi connectivity index (χ0v) is 12.5. The van der Waals surface area contributed by atoms with Crippen molar-refractivity contribution in [3.05, 3.63) is 34.9 Å². The molecule has 0 fully saturated rings. The number of aliphatic hydroxyl groups excluding tert-OH is 2. The van der Waals surface area contributed by atoms with Crippen molar-refractivity contribution in [2.75, 3.05) is 13.2 Å². The molecule has 5 nitrogen and oxygen atoms in total. The third-order valence-electron chi connectivity index (χ3n) is 2.44. The second-order valence-corrected chi connectivity index (χ2v) is 6.35. The lowest BCUT2D eigenvalue weighted by molar-refractivity contribution is 0.0401. The molecular weight excluding hydrogens is 291 g/mol. The zero-order valence-electron chi connectivity index (χ0n) is 10.8. The van der Waals surface area contributed by atoms with Crippen LogP contribution in [-0.4, -0.2) is 29.3 Å². The number of aliphatic hydroxyl groups is 2. The lowest BCUT2D eigenvalue weighted by Crippen LogP contribution is -2.21. The van der Waals surface area contributed by atoms with Gasteiger partial charge in [0.2, 0.25) is 0 Å². The Morgan fingerprint density at radius 3 is 2.05 bits per heavy atom. The Kier molecular flexibility index (Phi) is 6.47. The second-order valence-electron chi connectivity index (χ2n) is 3.79. The summed E-state index contributed by atoms with van der Waals surface area (Å²) in [4.78, 5) is 0. The van der Waals surface area contributed by atoms with Gasteiger partial charge in [-0.2, -0.15) is 0 Å². The van der Waals surface area contributed by atoms with Gasteiger partial charge >= 0.3 is 7.60 Å². The molecule has 1 aromatic carbocycles. The van der Waals surface area contributed by atoms with Gasteiger partial charge in [-0.25, -0.2) is 0 Å². The van der Waals surface area contributed by atoms with Crippen LogP contribution in [0.25, 0.3) is 0 Å². The van der Waals surface area contributed by atoms with E-state index in [0.29, 0.717) is 10.6 Å². The van der Waals surface area contributed by atoms with E-state index in [4.69, 9.17) is 20.6 Å². The molecular formula is C12H18ClO5P. The molecule has 0 aromatic heterocycles. The standard InChI is InChI=1S/C12H18ClO5P/c1-3-17-19(16,18-4-2)12(15)11(14)9-5-7-10(13)8-6-9/h5-8,11-12,14-15H,3-4H2,1-2H3/t11-,12+/m1/s1. The van der Waals surface area contributed by atoms with E-state index in [1.807, 2.05) is 0 Å². The van der Waals surface area contributed by atoms with Crippen molar-refractivity contribution in [1.82, 2.24) is 0 Å². The van der Waals surface area contributed by atoms with Gasteiger partial charge in [-0.1, -0.05) is 23.7 Å². The maximum absolute atomic E-state index is 12.3. The highest BCUT2D eigenvalue weighted by Crippen LogP contribution is 2.55. The van der Waals surface area contributed by atoms with Crippen LogP contribution in [0, 0.1) is 0 Å². The maximum atomic E-state index is 12.3. The first-order valence-corrected chi connectivity index (χ1v) is 7.94. The highest BCUT2D eigenvalue weighted by atomic mass is 35.5. The van der Waals surface area contributed by atoms with Gasteiger partial charge in [0.15, 0.2) is 5.85 Å². The minimum atomic E-state index is -3.77. The molecule has 0 unspecified atom stereocenters. The van der Waals surface area contributed by atoms with Crippen molar-refractivity contribution in [3.8, 4) is 0 Å². The van der Waals surface area contributed by atoms with Crippen molar-refractivity contribution >= 4 is 19.2 Å². The van der Waals surface area contributed by atoms with Crippen LogP contribution in [-0.2, 0) is 13.6 Å². The molecule has 0 spiro atoms. The Morgan fingerprint density at radius 1 is 1.16 bits per heavy atom. The number of rotatable bonds is 7. The average Bonchev–Trinajstić information content (AvgIpc) is 2.38. The van der Waals surface area contributed by atoms with E-state index in [1.54, 1.807) is 38.1 Å². The molecule has 0 bridgehead atoms. The van der Waals surface area contributed by atoms with Crippen molar-refractivity contribution in [2.45, 2.75) is 25.8 Å². The van der Waals surface area contributed by atoms with Crippen molar-refractivity contribution in [2.24, 2.45) is 0 Å². The first-order chi connectivity index (χ1) is 8.94. The molecule has 7 heteroatoms. The quantitative estimate of drug-likeness (QED) is 0.757. The molecule has 0 aliphatic carbocycles. The molecule has 0 radical (unpaired) electrons. The number of hydrogen-bond donors (Lipinski definition) is 2. The third kappa shape index (κ3) is 4.28. The summed E-state index contributed by atoms with van der Waals surface area (Å²) >= 11 is 5.74. The monoisotopic (exact) mass is 308 g/mol. The highest BCUT2D eigenvalue weighted by molar-refractivity contribution is 7.54. The number of hydrogen-bond acceptors (Lipinski definition) is 5. The van der Waals surface area contributed by atoms with Crippen LogP contribution in [0.2, 0.25) is 5.02 Å². The molecule has 1 rings (SSSR count). The predicted molar refractivity (Wildman–Crippen MR) is 73.3 cm³/mol. The van der Waals surface area contributed by atoms with Crippen molar-refractivity contribution in [3.63, 3.8) is 0 Å². The van der Waals surface area contributed by atoms with E-state index in [0.717, 1.165) is 0 Å². The van der Waals surface area contributed by atoms with Crippen LogP contribution in [0.5, 0.6) is 0 Å². The predicted octanol–water partition coefficient (Wildman–Crippen LogP) is 2.96. The van der Waals surface area contributed by atoms with Crippen LogP contribution < -0.4 is 0 Å². The minimum Gasteiger partial charge on any atom is -0.385 e. The Labute approximate surface area is 117 Å². The molecule has 108 valence electrons. The van der Waals surface area contributed by atoms with Crippen LogP contribution in [0.1, 0.15) is 25.5 Å². The summed E-state index contributed by atoms with van der Waals surface area (Å²) in [5.41, 5.74) is 0.386. The van der Waals surface area contributed by atoms with E-state index >= 15 is 0 Å². The molecule has 19 heavy (non-hydrogen) atoms. The molecule has 0 saturated carbocycles. The summed E-state index contributed by atoms with van der Waals surface area (Å²) in [6, 6.07) is 6.22. The fraction of sp³-hybridized carbons (Fsp3) is 0.500. The zero-order chi connectivity index (χ0) is 14.5. The molecule has 1 aromatic rings. The summed E-state index contributed by atoms with van der Waals surface area (Å²) in [7, 11) is -3.77. The average molecular weight is 309 g/mol. The number of halogens is 1. The Balaban J connectivity index is 2.92. The maximum Gasteiger partial charge on any atom is 0.361 e. The van der Waals surface area contributed by atoms with Gasteiger partial charge in [-0.15, -0.1) is 0 Å².